The van der Waals surface area contributed by atoms with Gasteiger partial charge in [-0.05, 0) is 33.6 Å². The first-order valence-electron chi connectivity index (χ1n) is 7.58. The number of aliphatic hydroxyl groups is 5. The monoisotopic (exact) mass is 302 g/mol. The second kappa shape index (κ2) is 3.99. The van der Waals surface area contributed by atoms with Crippen LogP contribution in [0.15, 0.2) is 0 Å². The van der Waals surface area contributed by atoms with Crippen molar-refractivity contribution >= 4 is 0 Å². The molecule has 1 heterocycles. The van der Waals surface area contributed by atoms with Crippen molar-refractivity contribution in [3.05, 3.63) is 0 Å². The molecule has 1 spiro atoms. The van der Waals surface area contributed by atoms with Gasteiger partial charge in [0.05, 0.1) is 41.0 Å². The van der Waals surface area contributed by atoms with E-state index in [4.69, 9.17) is 4.74 Å². The van der Waals surface area contributed by atoms with Crippen molar-refractivity contribution in [1.82, 2.24) is 0 Å². The molecule has 1 aliphatic heterocycles. The van der Waals surface area contributed by atoms with Crippen LogP contribution in [0.25, 0.3) is 0 Å². The molecule has 0 aromatic carbocycles. The van der Waals surface area contributed by atoms with Gasteiger partial charge in [-0.25, -0.2) is 0 Å². The Hall–Kier alpha value is -0.240. The summed E-state index contributed by atoms with van der Waals surface area (Å²) in [5.74, 6) is -0.725. The largest absolute Gasteiger partial charge is 0.392 e. The van der Waals surface area contributed by atoms with E-state index in [1.165, 1.54) is 0 Å². The number of ether oxygens (including phenoxy) is 1. The van der Waals surface area contributed by atoms with Gasteiger partial charge in [0.25, 0.3) is 0 Å². The summed E-state index contributed by atoms with van der Waals surface area (Å²) in [6, 6.07) is 0. The molecule has 2 aliphatic carbocycles. The maximum Gasteiger partial charge on any atom is 0.134 e. The molecule has 5 N–H and O–H groups in total. The fraction of sp³-hybridized carbons (Fsp3) is 1.00. The van der Waals surface area contributed by atoms with E-state index in [1.807, 2.05) is 0 Å². The van der Waals surface area contributed by atoms with E-state index >= 15 is 0 Å². The Labute approximate surface area is 124 Å². The molecule has 2 bridgehead atoms. The molecule has 0 aromatic heterocycles. The standard InChI is InChI=1S/C15H26O6/c1-12(2)8-9(17)11(19)14(4)7(16)5-6-13(3,20)15(14,21-12)10(8)18/h7-11,16-20H,5-6H2,1-4H3/t7-,8+,9-,10+,11-,13-,14-,15-/m0/s1. The lowest BCUT2D eigenvalue weighted by atomic mass is 9.47. The summed E-state index contributed by atoms with van der Waals surface area (Å²) in [4.78, 5) is 0. The zero-order chi connectivity index (χ0) is 16.0. The Morgan fingerprint density at radius 1 is 0.952 bits per heavy atom. The molecular weight excluding hydrogens is 276 g/mol. The highest BCUT2D eigenvalue weighted by Gasteiger charge is 2.81. The molecule has 6 heteroatoms. The minimum absolute atomic E-state index is 0.256. The third kappa shape index (κ3) is 1.44. The van der Waals surface area contributed by atoms with Gasteiger partial charge in [-0.2, -0.15) is 0 Å². The highest BCUT2D eigenvalue weighted by atomic mass is 16.6. The van der Waals surface area contributed by atoms with Crippen molar-refractivity contribution in [2.45, 2.75) is 81.8 Å². The smallest absolute Gasteiger partial charge is 0.134 e. The van der Waals surface area contributed by atoms with Crippen LogP contribution < -0.4 is 0 Å². The van der Waals surface area contributed by atoms with Crippen LogP contribution in [-0.4, -0.2) is 66.8 Å². The van der Waals surface area contributed by atoms with E-state index in [9.17, 15) is 25.5 Å². The van der Waals surface area contributed by atoms with E-state index < -0.39 is 52.6 Å². The molecule has 6 nitrogen and oxygen atoms in total. The number of hydrogen-bond donors (Lipinski definition) is 5. The van der Waals surface area contributed by atoms with E-state index in [-0.39, 0.29) is 12.8 Å². The average Bonchev–Trinajstić information content (AvgIpc) is 2.56. The van der Waals surface area contributed by atoms with Crippen molar-refractivity contribution in [3.63, 3.8) is 0 Å². The number of fused-ring (bicyclic) bond motifs is 1. The minimum atomic E-state index is -1.51. The minimum Gasteiger partial charge on any atom is -0.392 e. The van der Waals surface area contributed by atoms with Crippen molar-refractivity contribution in [2.75, 3.05) is 0 Å². The normalized spacial score (nSPS) is 62.4. The Morgan fingerprint density at radius 3 is 2.10 bits per heavy atom. The maximum absolute atomic E-state index is 10.9. The lowest BCUT2D eigenvalue weighted by Crippen LogP contribution is -2.80. The molecule has 3 aliphatic rings. The quantitative estimate of drug-likeness (QED) is 0.399. The highest BCUT2D eigenvalue weighted by Crippen LogP contribution is 2.66. The van der Waals surface area contributed by atoms with Crippen LogP contribution >= 0.6 is 0 Å². The van der Waals surface area contributed by atoms with Crippen LogP contribution in [0.3, 0.4) is 0 Å². The summed E-state index contributed by atoms with van der Waals surface area (Å²) in [7, 11) is 0. The first-order chi connectivity index (χ1) is 9.43. The average molecular weight is 302 g/mol. The van der Waals surface area contributed by atoms with Gasteiger partial charge >= 0.3 is 0 Å². The molecule has 122 valence electrons. The topological polar surface area (TPSA) is 110 Å². The summed E-state index contributed by atoms with van der Waals surface area (Å²) in [6.07, 6.45) is -4.12. The Bertz CT molecular complexity index is 463. The van der Waals surface area contributed by atoms with Gasteiger partial charge in [-0.3, -0.25) is 0 Å². The van der Waals surface area contributed by atoms with Gasteiger partial charge in [0.1, 0.15) is 5.60 Å². The summed E-state index contributed by atoms with van der Waals surface area (Å²) in [5, 5.41) is 53.5. The van der Waals surface area contributed by atoms with Gasteiger partial charge in [0, 0.05) is 5.92 Å². The molecule has 8 atom stereocenters. The molecule has 0 amide bonds. The van der Waals surface area contributed by atoms with Gasteiger partial charge in [-0.15, -0.1) is 0 Å². The van der Waals surface area contributed by atoms with Crippen molar-refractivity contribution in [3.8, 4) is 0 Å². The second-order valence-corrected chi connectivity index (χ2v) is 7.96. The summed E-state index contributed by atoms with van der Waals surface area (Å²) in [6.45, 7) is 6.62. The van der Waals surface area contributed by atoms with Crippen molar-refractivity contribution < 1.29 is 30.3 Å². The zero-order valence-electron chi connectivity index (χ0n) is 12.9. The van der Waals surface area contributed by atoms with Gasteiger partial charge < -0.3 is 30.3 Å². The first kappa shape index (κ1) is 15.6. The number of aliphatic hydroxyl groups excluding tert-OH is 4. The Morgan fingerprint density at radius 2 is 1.52 bits per heavy atom. The van der Waals surface area contributed by atoms with Crippen LogP contribution in [-0.2, 0) is 4.74 Å². The molecule has 0 unspecified atom stereocenters. The summed E-state index contributed by atoms with van der Waals surface area (Å²) in [5.41, 5.74) is -5.19. The Kier molecular flexibility index (Phi) is 2.97. The van der Waals surface area contributed by atoms with Crippen molar-refractivity contribution in [2.24, 2.45) is 11.3 Å². The molecule has 0 radical (unpaired) electrons. The third-order valence-corrected chi connectivity index (χ3v) is 6.49. The van der Waals surface area contributed by atoms with Crippen LogP contribution in [0.4, 0.5) is 0 Å². The molecule has 3 rings (SSSR count). The lowest BCUT2D eigenvalue weighted by molar-refractivity contribution is -0.335. The molecule has 2 saturated carbocycles. The summed E-state index contributed by atoms with van der Waals surface area (Å²) < 4.78 is 6.13. The van der Waals surface area contributed by atoms with Gasteiger partial charge in [-0.1, -0.05) is 6.92 Å². The van der Waals surface area contributed by atoms with E-state index in [2.05, 4.69) is 0 Å². The van der Waals surface area contributed by atoms with Crippen LogP contribution in [0, 0.1) is 11.3 Å². The van der Waals surface area contributed by atoms with E-state index in [1.54, 1.807) is 27.7 Å². The predicted molar refractivity (Wildman–Crippen MR) is 73.4 cm³/mol. The van der Waals surface area contributed by atoms with Gasteiger partial charge in [0.15, 0.2) is 0 Å². The number of hydrogen-bond acceptors (Lipinski definition) is 6. The molecule has 0 aromatic rings. The SMILES string of the molecule is CC1(C)O[C@]23[C@H](O)[C@H]1[C@H](O)[C@H](O)[C@]2(C)[C@@H](O)CC[C@]3(C)O. The molecule has 21 heavy (non-hydrogen) atoms. The number of rotatable bonds is 0. The first-order valence-corrected chi connectivity index (χ1v) is 7.58. The maximum atomic E-state index is 10.9. The van der Waals surface area contributed by atoms with Crippen LogP contribution in [0.5, 0.6) is 0 Å². The third-order valence-electron chi connectivity index (χ3n) is 6.49. The predicted octanol–water partition coefficient (Wildman–Crippen LogP) is -0.842. The second-order valence-electron chi connectivity index (χ2n) is 7.96. The lowest BCUT2D eigenvalue weighted by Gasteiger charge is -2.64. The summed E-state index contributed by atoms with van der Waals surface area (Å²) >= 11 is 0. The highest BCUT2D eigenvalue weighted by molar-refractivity contribution is 5.30. The Balaban J connectivity index is 2.28. The molecule has 3 fully saturated rings. The van der Waals surface area contributed by atoms with Crippen LogP contribution in [0.2, 0.25) is 0 Å². The molecule has 1 saturated heterocycles. The fourth-order valence-electron chi connectivity index (χ4n) is 5.33. The zero-order valence-corrected chi connectivity index (χ0v) is 12.9. The van der Waals surface area contributed by atoms with Crippen LogP contribution in [0.1, 0.15) is 40.5 Å². The van der Waals surface area contributed by atoms with Crippen molar-refractivity contribution in [1.29, 1.82) is 0 Å². The molecular formula is C15H26O6. The van der Waals surface area contributed by atoms with E-state index in [0.29, 0.717) is 0 Å². The van der Waals surface area contributed by atoms with Gasteiger partial charge in [0.2, 0.25) is 0 Å². The fourth-order valence-corrected chi connectivity index (χ4v) is 5.33. The van der Waals surface area contributed by atoms with E-state index in [0.717, 1.165) is 0 Å².